The lowest BCUT2D eigenvalue weighted by Gasteiger charge is -2.29. The van der Waals surface area contributed by atoms with Crippen molar-refractivity contribution in [3.8, 4) is 0 Å². The van der Waals surface area contributed by atoms with Crippen LogP contribution < -0.4 is 0 Å². The lowest BCUT2D eigenvalue weighted by atomic mass is 9.87. The maximum absolute atomic E-state index is 13.7. The highest BCUT2D eigenvalue weighted by Crippen LogP contribution is 2.30. The van der Waals surface area contributed by atoms with E-state index in [0.717, 1.165) is 30.3 Å². The molecule has 1 saturated carbocycles. The quantitative estimate of drug-likeness (QED) is 0.713. The summed E-state index contributed by atoms with van der Waals surface area (Å²) in [6, 6.07) is 0. The Morgan fingerprint density at radius 3 is 2.78 bits per heavy atom. The van der Waals surface area contributed by atoms with Crippen molar-refractivity contribution in [3.05, 3.63) is 15.6 Å². The summed E-state index contributed by atoms with van der Waals surface area (Å²) in [4.78, 5) is 8.84. The average Bonchev–Trinajstić information content (AvgIpc) is 2.93. The molecule has 1 aliphatic carbocycles. The summed E-state index contributed by atoms with van der Waals surface area (Å²) >= 11 is 1.82. The van der Waals surface area contributed by atoms with Gasteiger partial charge in [-0.2, -0.15) is 0 Å². The molecule has 0 radical (unpaired) electrons. The van der Waals surface area contributed by atoms with Crippen molar-refractivity contribution in [2.75, 3.05) is 13.1 Å². The molecule has 0 aromatic carbocycles. The minimum absolute atomic E-state index is 0.574. The second-order valence-electron chi connectivity index (χ2n) is 8.02. The van der Waals surface area contributed by atoms with Crippen molar-refractivity contribution >= 4 is 11.3 Å². The van der Waals surface area contributed by atoms with Crippen LogP contribution in [0, 0.1) is 5.92 Å². The second kappa shape index (κ2) is 7.60. The molecule has 0 unspecified atom stereocenters. The topological polar surface area (TPSA) is 16.1 Å². The third kappa shape index (κ3) is 5.25. The number of hydrogen-bond donors (Lipinski definition) is 0. The van der Waals surface area contributed by atoms with Gasteiger partial charge in [-0.15, -0.1) is 11.3 Å². The van der Waals surface area contributed by atoms with Crippen molar-refractivity contribution in [3.63, 3.8) is 0 Å². The van der Waals surface area contributed by atoms with Gasteiger partial charge >= 0.3 is 0 Å². The monoisotopic (exact) mass is 338 g/mol. The summed E-state index contributed by atoms with van der Waals surface area (Å²) in [6.07, 6.45) is 11.1. The summed E-state index contributed by atoms with van der Waals surface area (Å²) in [7, 11) is 0. The highest BCUT2D eigenvalue weighted by molar-refractivity contribution is 7.11. The van der Waals surface area contributed by atoms with E-state index in [-0.39, 0.29) is 0 Å². The van der Waals surface area contributed by atoms with Gasteiger partial charge in [0.15, 0.2) is 0 Å². The van der Waals surface area contributed by atoms with Gasteiger partial charge in [0.25, 0.3) is 0 Å². The molecule has 0 spiro atoms. The molecule has 0 saturated heterocycles. The van der Waals surface area contributed by atoms with Gasteiger partial charge in [0.2, 0.25) is 0 Å². The third-order valence-corrected chi connectivity index (χ3v) is 6.58. The van der Waals surface area contributed by atoms with Gasteiger partial charge in [-0.1, -0.05) is 32.1 Å². The predicted octanol–water partition coefficient (Wildman–Crippen LogP) is 5.15. The fourth-order valence-electron chi connectivity index (χ4n) is 3.85. The Hall–Kier alpha value is -0.480. The zero-order valence-electron chi connectivity index (χ0n) is 14.7. The Morgan fingerprint density at radius 1 is 1.26 bits per heavy atom. The molecule has 2 nitrogen and oxygen atoms in total. The molecule has 1 aliphatic heterocycles. The zero-order chi connectivity index (χ0) is 16.3. The molecule has 4 heteroatoms. The van der Waals surface area contributed by atoms with Gasteiger partial charge in [-0.3, -0.25) is 4.90 Å². The van der Waals surface area contributed by atoms with Crippen LogP contribution in [0.15, 0.2) is 0 Å². The van der Waals surface area contributed by atoms with Crippen LogP contribution in [0.1, 0.15) is 74.4 Å². The number of rotatable bonds is 6. The van der Waals surface area contributed by atoms with E-state index in [4.69, 9.17) is 4.98 Å². The SMILES string of the molecule is CC(C)(F)CCc1nc2c(s1)CCN(CCC1CCCCC1)C2. The smallest absolute Gasteiger partial charge is 0.105 e. The van der Waals surface area contributed by atoms with E-state index in [0.29, 0.717) is 6.42 Å². The Kier molecular flexibility index (Phi) is 5.74. The Morgan fingerprint density at radius 2 is 2.04 bits per heavy atom. The van der Waals surface area contributed by atoms with Gasteiger partial charge in [0.1, 0.15) is 5.67 Å². The molecular formula is C19H31FN2S. The molecule has 23 heavy (non-hydrogen) atoms. The van der Waals surface area contributed by atoms with Crippen molar-refractivity contribution in [2.24, 2.45) is 5.92 Å². The number of hydrogen-bond acceptors (Lipinski definition) is 3. The van der Waals surface area contributed by atoms with Crippen LogP contribution >= 0.6 is 11.3 Å². The highest BCUT2D eigenvalue weighted by Gasteiger charge is 2.23. The fourth-order valence-corrected chi connectivity index (χ4v) is 4.91. The molecule has 1 aromatic rings. The first-order valence-corrected chi connectivity index (χ1v) is 10.2. The lowest BCUT2D eigenvalue weighted by Crippen LogP contribution is -2.32. The fraction of sp³-hybridized carbons (Fsp3) is 0.842. The van der Waals surface area contributed by atoms with E-state index in [9.17, 15) is 4.39 Å². The number of halogens is 1. The van der Waals surface area contributed by atoms with Crippen LogP contribution in [-0.4, -0.2) is 28.6 Å². The highest BCUT2D eigenvalue weighted by atomic mass is 32.1. The van der Waals surface area contributed by atoms with E-state index in [2.05, 4.69) is 4.90 Å². The van der Waals surface area contributed by atoms with Crippen molar-refractivity contribution in [1.29, 1.82) is 0 Å². The number of fused-ring (bicyclic) bond motifs is 1. The molecule has 0 amide bonds. The van der Waals surface area contributed by atoms with Gasteiger partial charge < -0.3 is 0 Å². The summed E-state index contributed by atoms with van der Waals surface area (Å²) in [6.45, 7) is 6.74. The molecule has 0 N–H and O–H groups in total. The number of aryl methyl sites for hydroxylation is 1. The van der Waals surface area contributed by atoms with Crippen molar-refractivity contribution in [2.45, 2.75) is 83.8 Å². The van der Waals surface area contributed by atoms with Crippen LogP contribution in [0.4, 0.5) is 4.39 Å². The summed E-state index contributed by atoms with van der Waals surface area (Å²) in [5.74, 6) is 0.961. The minimum atomic E-state index is -1.09. The Bertz CT molecular complexity index is 500. The summed E-state index contributed by atoms with van der Waals surface area (Å²) < 4.78 is 13.7. The zero-order valence-corrected chi connectivity index (χ0v) is 15.6. The summed E-state index contributed by atoms with van der Waals surface area (Å²) in [5.41, 5.74) is 0.189. The normalized spacial score (nSPS) is 20.7. The first-order chi connectivity index (χ1) is 11.0. The van der Waals surface area contributed by atoms with Gasteiger partial charge in [0.05, 0.1) is 10.7 Å². The minimum Gasteiger partial charge on any atom is -0.297 e. The van der Waals surface area contributed by atoms with Crippen LogP contribution in [0.2, 0.25) is 0 Å². The molecule has 0 bridgehead atoms. The second-order valence-corrected chi connectivity index (χ2v) is 9.18. The van der Waals surface area contributed by atoms with E-state index >= 15 is 0 Å². The lowest BCUT2D eigenvalue weighted by molar-refractivity contribution is 0.202. The number of nitrogens with zero attached hydrogens (tertiary/aromatic N) is 2. The van der Waals surface area contributed by atoms with Gasteiger partial charge in [-0.25, -0.2) is 9.37 Å². The maximum Gasteiger partial charge on any atom is 0.105 e. The van der Waals surface area contributed by atoms with Crippen molar-refractivity contribution < 1.29 is 4.39 Å². The van der Waals surface area contributed by atoms with Gasteiger partial charge in [-0.05, 0) is 45.6 Å². The van der Waals surface area contributed by atoms with Crippen LogP contribution in [-0.2, 0) is 19.4 Å². The Labute approximate surface area is 144 Å². The maximum atomic E-state index is 13.7. The molecule has 2 aliphatic rings. The summed E-state index contributed by atoms with van der Waals surface area (Å²) in [5, 5.41) is 1.13. The van der Waals surface area contributed by atoms with E-state index in [1.165, 1.54) is 62.2 Å². The largest absolute Gasteiger partial charge is 0.297 e. The van der Waals surface area contributed by atoms with Crippen LogP contribution in [0.3, 0.4) is 0 Å². The molecule has 1 aromatic heterocycles. The third-order valence-electron chi connectivity index (χ3n) is 5.36. The first-order valence-electron chi connectivity index (χ1n) is 9.38. The molecule has 130 valence electrons. The number of aromatic nitrogens is 1. The molecule has 1 fully saturated rings. The van der Waals surface area contributed by atoms with Crippen LogP contribution in [0.25, 0.3) is 0 Å². The van der Waals surface area contributed by atoms with Crippen LogP contribution in [0.5, 0.6) is 0 Å². The van der Waals surface area contributed by atoms with E-state index in [1.807, 2.05) is 11.3 Å². The number of thiazole rings is 1. The molecule has 3 rings (SSSR count). The molecular weight excluding hydrogens is 307 g/mol. The van der Waals surface area contributed by atoms with E-state index in [1.54, 1.807) is 13.8 Å². The Balaban J connectivity index is 1.48. The molecule has 0 atom stereocenters. The number of alkyl halides is 1. The first kappa shape index (κ1) is 17.3. The molecule has 2 heterocycles. The van der Waals surface area contributed by atoms with E-state index < -0.39 is 5.67 Å². The standard InChI is InChI=1S/C19H31FN2S/c1-19(2,20)11-8-18-21-16-14-22(13-10-17(16)23-18)12-9-15-6-4-3-5-7-15/h15H,3-14H2,1-2H3. The average molecular weight is 339 g/mol. The van der Waals surface area contributed by atoms with Gasteiger partial charge in [0, 0.05) is 24.4 Å². The van der Waals surface area contributed by atoms with Crippen molar-refractivity contribution in [1.82, 2.24) is 9.88 Å². The predicted molar refractivity (Wildman–Crippen MR) is 95.8 cm³/mol.